The Hall–Kier alpha value is -4.50. The van der Waals surface area contributed by atoms with E-state index in [1.54, 1.807) is 20.8 Å². The molecule has 54 heavy (non-hydrogen) atoms. The van der Waals surface area contributed by atoms with Crippen molar-refractivity contribution < 1.29 is 70.9 Å². The van der Waals surface area contributed by atoms with Crippen molar-refractivity contribution in [2.24, 2.45) is 0 Å². The largest absolute Gasteiger partial charge is 0.488 e. The van der Waals surface area contributed by atoms with Crippen LogP contribution < -0.4 is 9.47 Å². The molecule has 0 fully saturated rings. The molecule has 0 amide bonds. The summed E-state index contributed by atoms with van der Waals surface area (Å²) in [4.78, 5) is 0. The SMILES string of the molecule is CCC(C)(C)Oc1ccc(C(c2ccc(Oc3c(F)c(F)c(-c4c(F)c(F)c(C(C)(CC)CC)c(F)c4F)c(F)c3F)cc2)(C(F)(F)F)C(F)(F)F)cc1. The summed E-state index contributed by atoms with van der Waals surface area (Å²) in [5.41, 5.74) is -15.2. The molecular weight excluding hydrogens is 754 g/mol. The first-order chi connectivity index (χ1) is 24.8. The topological polar surface area (TPSA) is 18.5 Å². The van der Waals surface area contributed by atoms with Gasteiger partial charge in [-0.15, -0.1) is 0 Å². The molecule has 4 aromatic carbocycles. The Morgan fingerprint density at radius 1 is 0.463 bits per heavy atom. The highest BCUT2D eigenvalue weighted by Crippen LogP contribution is 2.56. The summed E-state index contributed by atoms with van der Waals surface area (Å²) in [5, 5.41) is 0. The van der Waals surface area contributed by atoms with Crippen LogP contribution in [-0.4, -0.2) is 18.0 Å². The molecule has 0 bridgehead atoms. The van der Waals surface area contributed by atoms with E-state index in [4.69, 9.17) is 9.47 Å². The monoisotopic (exact) mass is 786 g/mol. The molecule has 0 aliphatic heterocycles. The first kappa shape index (κ1) is 42.2. The second-order valence-electron chi connectivity index (χ2n) is 13.3. The van der Waals surface area contributed by atoms with E-state index in [0.29, 0.717) is 30.7 Å². The highest BCUT2D eigenvalue weighted by molar-refractivity contribution is 5.69. The van der Waals surface area contributed by atoms with E-state index < -0.39 is 115 Å². The highest BCUT2D eigenvalue weighted by Gasteiger charge is 2.72. The van der Waals surface area contributed by atoms with Crippen molar-refractivity contribution in [2.45, 2.75) is 89.6 Å². The lowest BCUT2D eigenvalue weighted by Crippen LogP contribution is -2.54. The first-order valence-electron chi connectivity index (χ1n) is 16.3. The van der Waals surface area contributed by atoms with E-state index in [9.17, 15) is 26.3 Å². The molecule has 0 aromatic heterocycles. The van der Waals surface area contributed by atoms with Gasteiger partial charge in [0.2, 0.25) is 22.8 Å². The van der Waals surface area contributed by atoms with Crippen molar-refractivity contribution in [3.8, 4) is 28.4 Å². The van der Waals surface area contributed by atoms with Gasteiger partial charge in [0.15, 0.2) is 34.9 Å². The average Bonchev–Trinajstić information content (AvgIpc) is 3.10. The Morgan fingerprint density at radius 2 is 0.815 bits per heavy atom. The van der Waals surface area contributed by atoms with Gasteiger partial charge in [-0.05, 0) is 73.9 Å². The summed E-state index contributed by atoms with van der Waals surface area (Å²) in [7, 11) is 0. The van der Waals surface area contributed by atoms with Gasteiger partial charge in [-0.25, -0.2) is 26.3 Å². The predicted octanol–water partition coefficient (Wildman–Crippen LogP) is 13.3. The van der Waals surface area contributed by atoms with Gasteiger partial charge in [-0.2, -0.15) is 35.1 Å². The molecule has 4 rings (SSSR count). The van der Waals surface area contributed by atoms with Crippen LogP contribution in [0.4, 0.5) is 61.5 Å². The van der Waals surface area contributed by atoms with Crippen molar-refractivity contribution in [2.75, 3.05) is 0 Å². The lowest BCUT2D eigenvalue weighted by molar-refractivity contribution is -0.288. The Bertz CT molecular complexity index is 1940. The number of ether oxygens (including phenoxy) is 2. The maximum Gasteiger partial charge on any atom is 0.411 e. The van der Waals surface area contributed by atoms with E-state index in [0.717, 1.165) is 12.1 Å². The molecule has 0 aliphatic carbocycles. The lowest BCUT2D eigenvalue weighted by Gasteiger charge is -2.38. The van der Waals surface area contributed by atoms with Crippen LogP contribution in [-0.2, 0) is 10.8 Å². The Kier molecular flexibility index (Phi) is 11.4. The lowest BCUT2D eigenvalue weighted by atomic mass is 9.73. The zero-order chi connectivity index (χ0) is 40.9. The van der Waals surface area contributed by atoms with Crippen molar-refractivity contribution in [1.82, 2.24) is 0 Å². The summed E-state index contributed by atoms with van der Waals surface area (Å²) in [6, 6.07) is 4.21. The van der Waals surface area contributed by atoms with E-state index in [2.05, 4.69) is 0 Å². The van der Waals surface area contributed by atoms with Crippen molar-refractivity contribution in [3.05, 3.63) is 112 Å². The molecule has 0 unspecified atom stereocenters. The van der Waals surface area contributed by atoms with Gasteiger partial charge in [-0.1, -0.05) is 52.0 Å². The Balaban J connectivity index is 1.82. The summed E-state index contributed by atoms with van der Waals surface area (Å²) < 4.78 is 220. The predicted molar refractivity (Wildman–Crippen MR) is 170 cm³/mol. The van der Waals surface area contributed by atoms with Gasteiger partial charge in [0.25, 0.3) is 0 Å². The second-order valence-corrected chi connectivity index (χ2v) is 13.3. The van der Waals surface area contributed by atoms with E-state index in [1.165, 1.54) is 20.8 Å². The molecule has 0 heterocycles. The molecule has 0 aliphatic rings. The van der Waals surface area contributed by atoms with Gasteiger partial charge < -0.3 is 9.47 Å². The van der Waals surface area contributed by atoms with Crippen LogP contribution >= 0.6 is 0 Å². The van der Waals surface area contributed by atoms with Crippen molar-refractivity contribution in [3.63, 3.8) is 0 Å². The second kappa shape index (κ2) is 14.6. The van der Waals surface area contributed by atoms with Gasteiger partial charge in [0, 0.05) is 5.56 Å². The molecule has 2 nitrogen and oxygen atoms in total. The Morgan fingerprint density at radius 3 is 1.15 bits per heavy atom. The Labute approximate surface area is 300 Å². The minimum absolute atomic E-state index is 0.0316. The molecular formula is C38H32F14O2. The van der Waals surface area contributed by atoms with Crippen LogP contribution in [0.5, 0.6) is 17.2 Å². The number of benzene rings is 4. The van der Waals surface area contributed by atoms with E-state index >= 15 is 35.1 Å². The van der Waals surface area contributed by atoms with Crippen LogP contribution in [0.1, 0.15) is 77.5 Å². The first-order valence-corrected chi connectivity index (χ1v) is 16.3. The van der Waals surface area contributed by atoms with Crippen LogP contribution in [0, 0.1) is 46.5 Å². The third-order valence-electron chi connectivity index (χ3n) is 9.79. The third-order valence-corrected chi connectivity index (χ3v) is 9.79. The smallest absolute Gasteiger partial charge is 0.411 e. The summed E-state index contributed by atoms with van der Waals surface area (Å²) in [6.07, 6.45) is -11.8. The maximum absolute atomic E-state index is 15.3. The number of hydrogen-bond donors (Lipinski definition) is 0. The molecule has 0 spiro atoms. The molecule has 294 valence electrons. The molecule has 0 saturated carbocycles. The maximum atomic E-state index is 15.3. The van der Waals surface area contributed by atoms with Gasteiger partial charge in [-0.3, -0.25) is 0 Å². The minimum Gasteiger partial charge on any atom is -0.488 e. The van der Waals surface area contributed by atoms with Gasteiger partial charge in [0.1, 0.15) is 17.1 Å². The molecule has 0 radical (unpaired) electrons. The van der Waals surface area contributed by atoms with Crippen molar-refractivity contribution >= 4 is 0 Å². The molecule has 16 heteroatoms. The molecule has 0 N–H and O–H groups in total. The molecule has 0 saturated heterocycles. The van der Waals surface area contributed by atoms with Crippen LogP contribution in [0.3, 0.4) is 0 Å². The number of rotatable bonds is 11. The number of alkyl halides is 6. The highest BCUT2D eigenvalue weighted by atomic mass is 19.4. The quantitative estimate of drug-likeness (QED) is 0.111. The van der Waals surface area contributed by atoms with E-state index in [1.807, 2.05) is 0 Å². The molecule has 4 aromatic rings. The van der Waals surface area contributed by atoms with E-state index in [-0.39, 0.29) is 30.7 Å². The van der Waals surface area contributed by atoms with Gasteiger partial charge in [0.05, 0.1) is 11.1 Å². The minimum atomic E-state index is -6.05. The summed E-state index contributed by atoms with van der Waals surface area (Å²) >= 11 is 0. The van der Waals surface area contributed by atoms with Crippen LogP contribution in [0.15, 0.2) is 48.5 Å². The number of hydrogen-bond acceptors (Lipinski definition) is 2. The normalized spacial score (nSPS) is 13.0. The van der Waals surface area contributed by atoms with Crippen molar-refractivity contribution in [1.29, 1.82) is 0 Å². The fraction of sp³-hybridized carbons (Fsp3) is 0.368. The van der Waals surface area contributed by atoms with Gasteiger partial charge >= 0.3 is 12.4 Å². The molecule has 0 atom stereocenters. The standard InChI is InChI=1S/C38H32F14O2/c1-7-34(4,5)54-21-16-12-19(13-17-21)36(37(47,48)49,38(50,51)52)18-10-14-20(15-11-18)53-33-31(45)27(41)23(28(42)32(33)46)22-25(39)29(43)24(30(44)26(22)40)35(6,8-2)9-3/h10-17H,7-9H2,1-6H3. The fourth-order valence-electron chi connectivity index (χ4n) is 5.94. The zero-order valence-electron chi connectivity index (χ0n) is 29.3. The summed E-state index contributed by atoms with van der Waals surface area (Å²) in [6.45, 7) is 9.16. The van der Waals surface area contributed by atoms with Crippen LogP contribution in [0.2, 0.25) is 0 Å². The number of halogens is 14. The third kappa shape index (κ3) is 6.96. The average molecular weight is 787 g/mol. The fourth-order valence-corrected chi connectivity index (χ4v) is 5.94. The summed E-state index contributed by atoms with van der Waals surface area (Å²) in [5.74, 6) is -22.1. The zero-order valence-corrected chi connectivity index (χ0v) is 29.3. The van der Waals surface area contributed by atoms with Crippen LogP contribution in [0.25, 0.3) is 11.1 Å².